The van der Waals surface area contributed by atoms with Crippen LogP contribution in [0.3, 0.4) is 0 Å². The van der Waals surface area contributed by atoms with Crippen LogP contribution in [0.5, 0.6) is 0 Å². The Morgan fingerprint density at radius 2 is 2.05 bits per heavy atom. The molecule has 106 valence electrons. The van der Waals surface area contributed by atoms with Gasteiger partial charge >= 0.3 is 5.97 Å². The van der Waals surface area contributed by atoms with Crippen LogP contribution in [0.1, 0.15) is 30.2 Å². The molecule has 3 atom stereocenters. The van der Waals surface area contributed by atoms with Crippen LogP contribution in [0.2, 0.25) is 0 Å². The van der Waals surface area contributed by atoms with E-state index in [1.54, 1.807) is 11.8 Å². The molecule has 2 fully saturated rings. The molecule has 0 aliphatic carbocycles. The van der Waals surface area contributed by atoms with E-state index in [2.05, 4.69) is 15.9 Å². The Morgan fingerprint density at radius 1 is 1.35 bits per heavy atom. The average Bonchev–Trinajstić information content (AvgIpc) is 2.95. The molecule has 2 aliphatic rings. The second-order valence-corrected chi connectivity index (χ2v) is 6.37. The number of nitrogens with zero attached hydrogens (tertiary/aromatic N) is 1. The van der Waals surface area contributed by atoms with Crippen LogP contribution in [-0.2, 0) is 14.3 Å². The first kappa shape index (κ1) is 13.6. The maximum absolute atomic E-state index is 12.7. The minimum atomic E-state index is -1.18. The van der Waals surface area contributed by atoms with E-state index in [1.165, 1.54) is 0 Å². The molecule has 2 aliphatic heterocycles. The number of carbonyl (C=O) groups is 2. The zero-order valence-corrected chi connectivity index (χ0v) is 12.8. The quantitative estimate of drug-likeness (QED) is 0.615. The molecular formula is C15H16BrNO3. The number of hydrogen-bond acceptors (Lipinski definition) is 3. The molecule has 2 heterocycles. The molecule has 5 heteroatoms. The van der Waals surface area contributed by atoms with E-state index in [0.717, 1.165) is 12.0 Å². The molecule has 0 spiro atoms. The van der Waals surface area contributed by atoms with Gasteiger partial charge in [0, 0.05) is 6.54 Å². The van der Waals surface area contributed by atoms with Gasteiger partial charge in [-0.3, -0.25) is 4.79 Å². The van der Waals surface area contributed by atoms with Gasteiger partial charge in [-0.15, -0.1) is 0 Å². The summed E-state index contributed by atoms with van der Waals surface area (Å²) in [4.78, 5) is 26.2. The molecule has 0 radical (unpaired) electrons. The summed E-state index contributed by atoms with van der Waals surface area (Å²) >= 11 is 3.54. The molecule has 1 aromatic carbocycles. The van der Waals surface area contributed by atoms with Crippen molar-refractivity contribution in [3.05, 3.63) is 35.9 Å². The normalized spacial score (nSPS) is 30.9. The van der Waals surface area contributed by atoms with Gasteiger partial charge in [-0.25, -0.2) is 4.79 Å². The summed E-state index contributed by atoms with van der Waals surface area (Å²) in [5.74, 6) is -0.393. The third-order valence-electron chi connectivity index (χ3n) is 4.10. The number of halogens is 1. The molecule has 20 heavy (non-hydrogen) atoms. The number of rotatable bonds is 2. The number of carbonyl (C=O) groups excluding carboxylic acids is 2. The molecule has 0 N–H and O–H groups in total. The van der Waals surface area contributed by atoms with E-state index in [0.29, 0.717) is 13.0 Å². The van der Waals surface area contributed by atoms with Crippen LogP contribution in [0.25, 0.3) is 0 Å². The average molecular weight is 338 g/mol. The van der Waals surface area contributed by atoms with E-state index in [-0.39, 0.29) is 22.7 Å². The highest BCUT2D eigenvalue weighted by Crippen LogP contribution is 2.42. The zero-order valence-electron chi connectivity index (χ0n) is 11.2. The van der Waals surface area contributed by atoms with Crippen molar-refractivity contribution >= 4 is 27.8 Å². The second kappa shape index (κ2) is 4.88. The molecule has 4 nitrogen and oxygen atoms in total. The first-order valence-electron chi connectivity index (χ1n) is 6.77. The Kier molecular flexibility index (Phi) is 3.32. The predicted molar refractivity (Wildman–Crippen MR) is 77.3 cm³/mol. The molecule has 0 aromatic heterocycles. The number of cyclic esters (lactones) is 1. The van der Waals surface area contributed by atoms with E-state index in [1.807, 2.05) is 30.3 Å². The second-order valence-electron chi connectivity index (χ2n) is 5.46. The van der Waals surface area contributed by atoms with Crippen LogP contribution < -0.4 is 0 Å². The van der Waals surface area contributed by atoms with Crippen molar-refractivity contribution in [1.82, 2.24) is 4.90 Å². The number of ether oxygens (including phenoxy) is 1. The van der Waals surface area contributed by atoms with Crippen molar-refractivity contribution in [2.45, 2.75) is 36.2 Å². The van der Waals surface area contributed by atoms with Gasteiger partial charge in [-0.1, -0.05) is 46.3 Å². The van der Waals surface area contributed by atoms with Gasteiger partial charge in [0.25, 0.3) is 5.91 Å². The fourth-order valence-corrected chi connectivity index (χ4v) is 3.56. The van der Waals surface area contributed by atoms with E-state index in [9.17, 15) is 9.59 Å². The van der Waals surface area contributed by atoms with Crippen LogP contribution in [0.15, 0.2) is 30.3 Å². The number of morpholine rings is 1. The van der Waals surface area contributed by atoms with Crippen LogP contribution in [0, 0.1) is 0 Å². The Hall–Kier alpha value is -1.36. The summed E-state index contributed by atoms with van der Waals surface area (Å²) in [5.41, 5.74) is -0.256. The topological polar surface area (TPSA) is 46.6 Å². The largest absolute Gasteiger partial charge is 0.446 e. The van der Waals surface area contributed by atoms with E-state index < -0.39 is 5.60 Å². The number of fused-ring (bicyclic) bond motifs is 1. The van der Waals surface area contributed by atoms with Crippen LogP contribution in [-0.4, -0.2) is 35.0 Å². The lowest BCUT2D eigenvalue weighted by Crippen LogP contribution is -2.61. The summed E-state index contributed by atoms with van der Waals surface area (Å²) in [6, 6.07) is 9.17. The Balaban J connectivity index is 1.94. The highest BCUT2D eigenvalue weighted by Gasteiger charge is 2.55. The SMILES string of the molecule is C[C@]1([C@H](Br)c2ccccc2)OC(=O)[C@@H]2CCCN2C1=O. The Morgan fingerprint density at radius 3 is 2.75 bits per heavy atom. The van der Waals surface area contributed by atoms with Gasteiger partial charge in [0.1, 0.15) is 6.04 Å². The monoisotopic (exact) mass is 337 g/mol. The summed E-state index contributed by atoms with van der Waals surface area (Å²) in [7, 11) is 0. The molecular weight excluding hydrogens is 322 g/mol. The minimum Gasteiger partial charge on any atom is -0.446 e. The molecule has 0 saturated carbocycles. The van der Waals surface area contributed by atoms with Gasteiger partial charge in [0.05, 0.1) is 4.83 Å². The summed E-state index contributed by atoms with van der Waals surface area (Å²) in [6.07, 6.45) is 1.57. The molecule has 2 saturated heterocycles. The van der Waals surface area contributed by atoms with Gasteiger partial charge in [-0.2, -0.15) is 0 Å². The Labute approximate surface area is 126 Å². The van der Waals surface area contributed by atoms with E-state index >= 15 is 0 Å². The lowest BCUT2D eigenvalue weighted by atomic mass is 9.92. The molecule has 0 unspecified atom stereocenters. The lowest BCUT2D eigenvalue weighted by molar-refractivity contribution is -0.188. The number of alkyl halides is 1. The van der Waals surface area contributed by atoms with Crippen molar-refractivity contribution in [2.24, 2.45) is 0 Å². The first-order chi connectivity index (χ1) is 9.54. The zero-order chi connectivity index (χ0) is 14.3. The molecule has 1 aromatic rings. The number of amides is 1. The Bertz CT molecular complexity index is 547. The molecule has 1 amide bonds. The third kappa shape index (κ3) is 1.95. The van der Waals surface area contributed by atoms with Crippen LogP contribution >= 0.6 is 15.9 Å². The van der Waals surface area contributed by atoms with E-state index in [4.69, 9.17) is 4.74 Å². The molecule has 3 rings (SSSR count). The van der Waals surface area contributed by atoms with Gasteiger partial charge in [0.15, 0.2) is 0 Å². The van der Waals surface area contributed by atoms with Crippen molar-refractivity contribution in [2.75, 3.05) is 6.54 Å². The smallest absolute Gasteiger partial charge is 0.329 e. The van der Waals surface area contributed by atoms with Crippen molar-refractivity contribution < 1.29 is 14.3 Å². The maximum atomic E-state index is 12.7. The summed E-state index contributed by atoms with van der Waals surface area (Å²) in [5, 5.41) is 0. The fraction of sp³-hybridized carbons (Fsp3) is 0.467. The van der Waals surface area contributed by atoms with Gasteiger partial charge in [-0.05, 0) is 25.3 Å². The predicted octanol–water partition coefficient (Wildman–Crippen LogP) is 2.43. The minimum absolute atomic E-state index is 0.106. The number of esters is 1. The van der Waals surface area contributed by atoms with Crippen molar-refractivity contribution in [3.8, 4) is 0 Å². The third-order valence-corrected chi connectivity index (χ3v) is 5.50. The highest BCUT2D eigenvalue weighted by atomic mass is 79.9. The van der Waals surface area contributed by atoms with Crippen molar-refractivity contribution in [3.63, 3.8) is 0 Å². The number of benzene rings is 1. The van der Waals surface area contributed by atoms with Gasteiger partial charge < -0.3 is 9.64 Å². The van der Waals surface area contributed by atoms with Gasteiger partial charge in [0.2, 0.25) is 5.60 Å². The summed E-state index contributed by atoms with van der Waals surface area (Å²) in [6.45, 7) is 2.33. The highest BCUT2D eigenvalue weighted by molar-refractivity contribution is 9.09. The van der Waals surface area contributed by atoms with Crippen molar-refractivity contribution in [1.29, 1.82) is 0 Å². The number of hydrogen-bond donors (Lipinski definition) is 0. The lowest BCUT2D eigenvalue weighted by Gasteiger charge is -2.42. The summed E-state index contributed by atoms with van der Waals surface area (Å²) < 4.78 is 5.54. The first-order valence-corrected chi connectivity index (χ1v) is 7.68. The maximum Gasteiger partial charge on any atom is 0.329 e. The molecule has 0 bridgehead atoms. The standard InChI is InChI=1S/C15H16BrNO3/c1-15(12(16)10-6-3-2-4-7-10)14(19)17-9-5-8-11(17)13(18)20-15/h2-4,6-7,11-12H,5,8-9H2,1H3/t11-,12+,15+/m0/s1. The van der Waals surface area contributed by atoms with Crippen LogP contribution in [0.4, 0.5) is 0 Å². The fourth-order valence-electron chi connectivity index (χ4n) is 2.96.